The van der Waals surface area contributed by atoms with Crippen molar-refractivity contribution < 1.29 is 9.53 Å². The molecular formula is C20H13BrN6O2. The van der Waals surface area contributed by atoms with Crippen LogP contribution in [0.4, 0.5) is 5.69 Å². The van der Waals surface area contributed by atoms with E-state index in [-0.39, 0.29) is 23.2 Å². The van der Waals surface area contributed by atoms with Crippen LogP contribution in [-0.4, -0.2) is 21.1 Å². The van der Waals surface area contributed by atoms with Gasteiger partial charge in [0.1, 0.15) is 17.1 Å². The Bertz CT molecular complexity index is 1270. The minimum absolute atomic E-state index is 0.0178. The van der Waals surface area contributed by atoms with Crippen molar-refractivity contribution in [3.05, 3.63) is 69.3 Å². The number of pyridine rings is 1. The lowest BCUT2D eigenvalue weighted by molar-refractivity contribution is -0.118. The van der Waals surface area contributed by atoms with Gasteiger partial charge in [0.25, 0.3) is 0 Å². The largest absolute Gasteiger partial charge is 0.420 e. The molecule has 2 aromatic heterocycles. The van der Waals surface area contributed by atoms with Gasteiger partial charge in [0.05, 0.1) is 11.3 Å². The Morgan fingerprint density at radius 2 is 2.00 bits per heavy atom. The van der Waals surface area contributed by atoms with Gasteiger partial charge in [-0.05, 0) is 30.7 Å². The van der Waals surface area contributed by atoms with E-state index in [0.29, 0.717) is 27.0 Å². The van der Waals surface area contributed by atoms with Crippen molar-refractivity contribution in [3.63, 3.8) is 0 Å². The molecule has 4 heterocycles. The lowest BCUT2D eigenvalue weighted by atomic mass is 9.68. The number of rotatable bonds is 1. The van der Waals surface area contributed by atoms with Crippen molar-refractivity contribution >= 4 is 27.5 Å². The van der Waals surface area contributed by atoms with Crippen LogP contribution >= 0.6 is 15.9 Å². The van der Waals surface area contributed by atoms with Crippen molar-refractivity contribution in [2.45, 2.75) is 12.3 Å². The summed E-state index contributed by atoms with van der Waals surface area (Å²) in [5, 5.41) is 20.1. The van der Waals surface area contributed by atoms with E-state index in [2.05, 4.69) is 42.5 Å². The number of aryl methyl sites for hydroxylation is 1. The SMILES string of the molecule is Cc1ccc2c(c1Br)[C@]1(C(=O)N2)C(C#N)=C(N)Oc2n[nH]c(-c3ccncc3)c21. The number of anilines is 1. The van der Waals surface area contributed by atoms with Gasteiger partial charge in [-0.25, -0.2) is 0 Å². The van der Waals surface area contributed by atoms with E-state index in [4.69, 9.17) is 10.5 Å². The van der Waals surface area contributed by atoms with Crippen molar-refractivity contribution in [2.24, 2.45) is 5.73 Å². The van der Waals surface area contributed by atoms with E-state index in [9.17, 15) is 10.1 Å². The highest BCUT2D eigenvalue weighted by molar-refractivity contribution is 9.10. The Morgan fingerprint density at radius 3 is 2.72 bits per heavy atom. The first-order valence-electron chi connectivity index (χ1n) is 8.68. The maximum absolute atomic E-state index is 13.5. The van der Waals surface area contributed by atoms with E-state index >= 15 is 0 Å². The fraction of sp³-hybridized carbons (Fsp3) is 0.100. The lowest BCUT2D eigenvalue weighted by Crippen LogP contribution is -2.42. The smallest absolute Gasteiger partial charge is 0.245 e. The summed E-state index contributed by atoms with van der Waals surface area (Å²) in [6.07, 6.45) is 3.27. The number of H-pyrrole nitrogens is 1. The number of nitrogens with zero attached hydrogens (tertiary/aromatic N) is 3. The number of ether oxygens (including phenoxy) is 1. The standard InChI is InChI=1S/C20H13BrN6O2/c1-9-2-3-12-13(15(9)21)20(19(28)25-12)11(8-22)17(23)29-18-14(20)16(26-27-18)10-4-6-24-7-5-10/h2-7H,23H2,1H3,(H,25,28)(H,26,27)/t20-/m1/s1. The van der Waals surface area contributed by atoms with Crippen molar-refractivity contribution in [2.75, 3.05) is 5.32 Å². The molecule has 3 aromatic rings. The molecule has 8 nitrogen and oxygen atoms in total. The third-order valence-corrected chi connectivity index (χ3v) is 6.34. The number of hydrogen-bond acceptors (Lipinski definition) is 6. The maximum atomic E-state index is 13.5. The number of nitriles is 1. The molecule has 1 amide bonds. The number of fused-ring (bicyclic) bond motifs is 4. The second kappa shape index (κ2) is 5.93. The summed E-state index contributed by atoms with van der Waals surface area (Å²) in [5.41, 5.74) is 8.48. The minimum atomic E-state index is -1.50. The fourth-order valence-corrected chi connectivity index (χ4v) is 4.68. The molecule has 0 bridgehead atoms. The first-order valence-corrected chi connectivity index (χ1v) is 9.47. The Kier molecular flexibility index (Phi) is 3.57. The van der Waals surface area contributed by atoms with E-state index in [0.717, 1.165) is 11.1 Å². The number of aromatic nitrogens is 3. The summed E-state index contributed by atoms with van der Waals surface area (Å²) in [4.78, 5) is 17.6. The molecule has 0 radical (unpaired) electrons. The van der Waals surface area contributed by atoms with Crippen LogP contribution in [0, 0.1) is 18.3 Å². The number of halogens is 1. The summed E-state index contributed by atoms with van der Waals surface area (Å²) in [7, 11) is 0. The first kappa shape index (κ1) is 17.5. The summed E-state index contributed by atoms with van der Waals surface area (Å²) < 4.78 is 6.35. The van der Waals surface area contributed by atoms with E-state index in [1.165, 1.54) is 0 Å². The third kappa shape index (κ3) is 2.09. The molecule has 1 atom stereocenters. The zero-order valence-corrected chi connectivity index (χ0v) is 16.7. The van der Waals surface area contributed by atoms with Crippen molar-refractivity contribution in [1.82, 2.24) is 15.2 Å². The van der Waals surface area contributed by atoms with Gasteiger partial charge in [-0.2, -0.15) is 5.26 Å². The van der Waals surface area contributed by atoms with Crippen LogP contribution < -0.4 is 15.8 Å². The molecular weight excluding hydrogens is 436 g/mol. The number of nitrogens with two attached hydrogens (primary N) is 1. The van der Waals surface area contributed by atoms with Gasteiger partial charge in [0.2, 0.25) is 17.7 Å². The third-order valence-electron chi connectivity index (χ3n) is 5.32. The molecule has 0 aliphatic carbocycles. The van der Waals surface area contributed by atoms with Gasteiger partial charge < -0.3 is 15.8 Å². The van der Waals surface area contributed by atoms with E-state index in [1.54, 1.807) is 24.5 Å². The number of amides is 1. The van der Waals surface area contributed by atoms with E-state index in [1.807, 2.05) is 19.1 Å². The predicted octanol–water partition coefficient (Wildman–Crippen LogP) is 2.87. The summed E-state index contributed by atoms with van der Waals surface area (Å²) >= 11 is 3.62. The molecule has 0 saturated heterocycles. The molecule has 142 valence electrons. The van der Waals surface area contributed by atoms with Crippen LogP contribution in [-0.2, 0) is 10.2 Å². The number of aromatic amines is 1. The minimum Gasteiger partial charge on any atom is -0.420 e. The van der Waals surface area contributed by atoms with Crippen LogP contribution in [0.5, 0.6) is 5.88 Å². The Hall–Kier alpha value is -3.64. The highest BCUT2D eigenvalue weighted by Crippen LogP contribution is 2.57. The average molecular weight is 449 g/mol. The molecule has 0 saturated carbocycles. The molecule has 5 rings (SSSR count). The van der Waals surface area contributed by atoms with Gasteiger partial charge in [-0.3, -0.25) is 14.9 Å². The molecule has 0 unspecified atom stereocenters. The number of carbonyl (C=O) groups is 1. The second-order valence-electron chi connectivity index (χ2n) is 6.79. The molecule has 0 fully saturated rings. The first-order chi connectivity index (χ1) is 14.0. The van der Waals surface area contributed by atoms with Crippen molar-refractivity contribution in [1.29, 1.82) is 5.26 Å². The molecule has 2 aliphatic heterocycles. The van der Waals surface area contributed by atoms with Crippen molar-refractivity contribution in [3.8, 4) is 23.2 Å². The summed E-state index contributed by atoms with van der Waals surface area (Å²) in [6, 6.07) is 9.38. The van der Waals surface area contributed by atoms with Crippen LogP contribution in [0.15, 0.2) is 52.6 Å². The lowest BCUT2D eigenvalue weighted by Gasteiger charge is -2.32. The van der Waals surface area contributed by atoms with Gasteiger partial charge >= 0.3 is 0 Å². The number of hydrogen-bond donors (Lipinski definition) is 3. The number of nitrogens with one attached hydrogen (secondary N) is 2. The fourth-order valence-electron chi connectivity index (χ4n) is 4.04. The van der Waals surface area contributed by atoms with Gasteiger partial charge in [-0.1, -0.05) is 22.0 Å². The Morgan fingerprint density at radius 1 is 1.24 bits per heavy atom. The quantitative estimate of drug-likeness (QED) is 0.524. The molecule has 1 spiro atoms. The predicted molar refractivity (Wildman–Crippen MR) is 108 cm³/mol. The van der Waals surface area contributed by atoms with E-state index < -0.39 is 5.41 Å². The molecule has 29 heavy (non-hydrogen) atoms. The Labute approximate surface area is 173 Å². The van der Waals surface area contributed by atoms with Crippen LogP contribution in [0.1, 0.15) is 16.7 Å². The van der Waals surface area contributed by atoms with Crippen LogP contribution in [0.3, 0.4) is 0 Å². The number of carbonyl (C=O) groups excluding carboxylic acids is 1. The zero-order chi connectivity index (χ0) is 20.3. The molecule has 1 aromatic carbocycles. The highest BCUT2D eigenvalue weighted by Gasteiger charge is 2.59. The van der Waals surface area contributed by atoms with Crippen LogP contribution in [0.2, 0.25) is 0 Å². The number of benzene rings is 1. The van der Waals surface area contributed by atoms with Gasteiger partial charge in [0, 0.05) is 33.7 Å². The molecule has 2 aliphatic rings. The molecule has 4 N–H and O–H groups in total. The monoisotopic (exact) mass is 448 g/mol. The molecule has 9 heteroatoms. The second-order valence-corrected chi connectivity index (χ2v) is 7.58. The van der Waals surface area contributed by atoms with Crippen LogP contribution in [0.25, 0.3) is 11.3 Å². The van der Waals surface area contributed by atoms with Gasteiger partial charge in [-0.15, -0.1) is 5.10 Å². The summed E-state index contributed by atoms with van der Waals surface area (Å²) in [5.74, 6) is -0.381. The Balaban J connectivity index is 1.95. The zero-order valence-electron chi connectivity index (χ0n) is 15.1. The normalized spacial score (nSPS) is 19.4. The van der Waals surface area contributed by atoms with Gasteiger partial charge in [0.15, 0.2) is 0 Å². The maximum Gasteiger partial charge on any atom is 0.245 e. The topological polar surface area (TPSA) is 130 Å². The average Bonchev–Trinajstić information content (AvgIpc) is 3.26. The summed E-state index contributed by atoms with van der Waals surface area (Å²) in [6.45, 7) is 1.92. The highest BCUT2D eigenvalue weighted by atomic mass is 79.9.